The number of carbonyl (C=O) groups excluding carboxylic acids is 1. The van der Waals surface area contributed by atoms with Crippen LogP contribution in [0.15, 0.2) is 29.4 Å². The van der Waals surface area contributed by atoms with E-state index in [4.69, 9.17) is 4.98 Å². The number of hydrogen-bond donors (Lipinski definition) is 1. The summed E-state index contributed by atoms with van der Waals surface area (Å²) in [7, 11) is 0. The van der Waals surface area contributed by atoms with Gasteiger partial charge in [0, 0.05) is 4.88 Å². The fourth-order valence-corrected chi connectivity index (χ4v) is 6.42. The second-order valence-corrected chi connectivity index (χ2v) is 10.2. The molecule has 0 saturated heterocycles. The number of carbonyl (C=O) groups is 1. The molecule has 1 unspecified atom stereocenters. The third kappa shape index (κ3) is 4.08. The molecule has 11 heteroatoms. The van der Waals surface area contributed by atoms with Gasteiger partial charge < -0.3 is 5.32 Å². The van der Waals surface area contributed by atoms with E-state index in [2.05, 4.69) is 22.4 Å². The highest BCUT2D eigenvalue weighted by molar-refractivity contribution is 7.99. The topological polar surface area (TPSA) is 72.2 Å². The molecule has 1 atom stereocenters. The number of amides is 1. The first-order valence-electron chi connectivity index (χ1n) is 10.5. The number of benzene rings is 1. The molecule has 4 aromatic rings. The number of nitrogens with zero attached hydrogens (tertiary/aromatic N) is 4. The van der Waals surface area contributed by atoms with Gasteiger partial charge in [-0.15, -0.1) is 21.5 Å². The van der Waals surface area contributed by atoms with Gasteiger partial charge in [0.1, 0.15) is 10.7 Å². The number of rotatable bonds is 4. The zero-order valence-corrected chi connectivity index (χ0v) is 19.5. The van der Waals surface area contributed by atoms with E-state index < -0.39 is 17.6 Å². The number of aromatic nitrogens is 4. The summed E-state index contributed by atoms with van der Waals surface area (Å²) in [6, 6.07) is 4.92. The van der Waals surface area contributed by atoms with E-state index in [1.807, 2.05) is 11.3 Å². The van der Waals surface area contributed by atoms with Gasteiger partial charge in [-0.3, -0.25) is 9.20 Å². The van der Waals surface area contributed by atoms with Crippen molar-refractivity contribution in [3.05, 3.63) is 46.1 Å². The standard InChI is InChI=1S/C22H20F3N5OS2/c1-11-7-8-13-16(9-11)33-20-18(13)19-28-29-21(30(19)12(2)26-20)32-10-17(31)27-15-6-4-3-5-14(15)22(23,24)25/h3-6,11H,7-10H2,1-2H3,(H,27,31). The van der Waals surface area contributed by atoms with Crippen LogP contribution in [-0.2, 0) is 23.8 Å². The molecule has 0 saturated carbocycles. The average molecular weight is 492 g/mol. The SMILES string of the molecule is Cc1nc2sc3c(c2c2nnc(SCC(=O)Nc4ccccc4C(F)(F)F)n12)CCC(C)C3. The van der Waals surface area contributed by atoms with Gasteiger partial charge in [0.25, 0.3) is 0 Å². The Morgan fingerprint density at radius 2 is 2.09 bits per heavy atom. The van der Waals surface area contributed by atoms with Gasteiger partial charge in [0.15, 0.2) is 10.8 Å². The van der Waals surface area contributed by atoms with Crippen LogP contribution in [0.4, 0.5) is 18.9 Å². The quantitative estimate of drug-likeness (QED) is 0.381. The van der Waals surface area contributed by atoms with E-state index in [0.29, 0.717) is 16.9 Å². The lowest BCUT2D eigenvalue weighted by atomic mass is 9.89. The molecular formula is C22H20F3N5OS2. The molecule has 1 amide bonds. The Hall–Kier alpha value is -2.66. The molecule has 3 aromatic heterocycles. The number of hydrogen-bond acceptors (Lipinski definition) is 6. The van der Waals surface area contributed by atoms with Crippen molar-refractivity contribution in [3.63, 3.8) is 0 Å². The molecular weight excluding hydrogens is 471 g/mol. The lowest BCUT2D eigenvalue weighted by molar-refractivity contribution is -0.137. The lowest BCUT2D eigenvalue weighted by Gasteiger charge is -2.17. The Balaban J connectivity index is 1.40. The maximum Gasteiger partial charge on any atom is 0.418 e. The Morgan fingerprint density at radius 1 is 1.30 bits per heavy atom. The van der Waals surface area contributed by atoms with Crippen molar-refractivity contribution in [2.45, 2.75) is 44.4 Å². The fourth-order valence-electron chi connectivity index (χ4n) is 4.22. The van der Waals surface area contributed by atoms with Crippen molar-refractivity contribution in [3.8, 4) is 0 Å². The Labute approximate surface area is 195 Å². The first-order chi connectivity index (χ1) is 15.7. The normalized spacial score (nSPS) is 16.3. The van der Waals surface area contributed by atoms with Crippen LogP contribution in [0.25, 0.3) is 15.9 Å². The van der Waals surface area contributed by atoms with Crippen LogP contribution in [0.5, 0.6) is 0 Å². The molecule has 1 N–H and O–H groups in total. The van der Waals surface area contributed by atoms with E-state index in [-0.39, 0.29) is 11.4 Å². The van der Waals surface area contributed by atoms with Gasteiger partial charge >= 0.3 is 6.18 Å². The molecule has 0 spiro atoms. The molecule has 5 rings (SSSR count). The Kier molecular flexibility index (Phi) is 5.56. The summed E-state index contributed by atoms with van der Waals surface area (Å²) in [6.45, 7) is 4.12. The summed E-state index contributed by atoms with van der Waals surface area (Å²) in [5.74, 6) is 0.693. The second kappa shape index (κ2) is 8.28. The van der Waals surface area contributed by atoms with Crippen LogP contribution < -0.4 is 5.32 Å². The van der Waals surface area contributed by atoms with Crippen LogP contribution in [0.2, 0.25) is 0 Å². The van der Waals surface area contributed by atoms with Crippen LogP contribution in [-0.4, -0.2) is 31.2 Å². The van der Waals surface area contributed by atoms with Crippen molar-refractivity contribution < 1.29 is 18.0 Å². The van der Waals surface area contributed by atoms with Crippen molar-refractivity contribution in [1.82, 2.24) is 19.6 Å². The van der Waals surface area contributed by atoms with Gasteiger partial charge in [0.2, 0.25) is 5.91 Å². The first kappa shape index (κ1) is 22.1. The predicted octanol–water partition coefficient (Wildman–Crippen LogP) is 5.52. The monoisotopic (exact) mass is 491 g/mol. The number of nitrogens with one attached hydrogen (secondary N) is 1. The molecule has 1 aliphatic rings. The fraction of sp³-hybridized carbons (Fsp3) is 0.364. The van der Waals surface area contributed by atoms with E-state index >= 15 is 0 Å². The molecule has 0 bridgehead atoms. The number of halogens is 3. The van der Waals surface area contributed by atoms with Crippen LogP contribution in [0.3, 0.4) is 0 Å². The van der Waals surface area contributed by atoms with E-state index in [1.165, 1.54) is 28.6 Å². The number of thiophene rings is 1. The Bertz CT molecular complexity index is 1380. The number of fused-ring (bicyclic) bond motifs is 5. The number of aryl methyl sites for hydroxylation is 2. The zero-order chi connectivity index (χ0) is 23.3. The molecule has 1 aliphatic carbocycles. The van der Waals surface area contributed by atoms with Crippen LogP contribution >= 0.6 is 23.1 Å². The maximum absolute atomic E-state index is 13.2. The molecule has 1 aromatic carbocycles. The highest BCUT2D eigenvalue weighted by Crippen LogP contribution is 2.40. The zero-order valence-electron chi connectivity index (χ0n) is 17.9. The van der Waals surface area contributed by atoms with Gasteiger partial charge in [-0.2, -0.15) is 13.2 Å². The lowest BCUT2D eigenvalue weighted by Crippen LogP contribution is -2.18. The Morgan fingerprint density at radius 3 is 2.88 bits per heavy atom. The van der Waals surface area contributed by atoms with Crippen molar-refractivity contribution in [1.29, 1.82) is 0 Å². The van der Waals surface area contributed by atoms with Crippen molar-refractivity contribution >= 4 is 50.6 Å². The molecule has 0 aliphatic heterocycles. The summed E-state index contributed by atoms with van der Waals surface area (Å²) >= 11 is 2.83. The summed E-state index contributed by atoms with van der Waals surface area (Å²) in [5.41, 5.74) is 0.863. The second-order valence-electron chi connectivity index (χ2n) is 8.21. The number of para-hydroxylation sites is 1. The summed E-state index contributed by atoms with van der Waals surface area (Å²) < 4.78 is 41.4. The van der Waals surface area contributed by atoms with E-state index in [9.17, 15) is 18.0 Å². The molecule has 3 heterocycles. The van der Waals surface area contributed by atoms with Crippen LogP contribution in [0.1, 0.15) is 35.2 Å². The van der Waals surface area contributed by atoms with Crippen LogP contribution in [0, 0.1) is 12.8 Å². The number of thioether (sulfide) groups is 1. The van der Waals surface area contributed by atoms with Crippen molar-refractivity contribution in [2.24, 2.45) is 5.92 Å². The highest BCUT2D eigenvalue weighted by Gasteiger charge is 2.33. The van der Waals surface area contributed by atoms with Gasteiger partial charge in [-0.1, -0.05) is 30.8 Å². The summed E-state index contributed by atoms with van der Waals surface area (Å²) in [4.78, 5) is 19.5. The highest BCUT2D eigenvalue weighted by atomic mass is 32.2. The molecule has 0 radical (unpaired) electrons. The minimum absolute atomic E-state index is 0.107. The largest absolute Gasteiger partial charge is 0.418 e. The third-order valence-electron chi connectivity index (χ3n) is 5.78. The summed E-state index contributed by atoms with van der Waals surface area (Å²) in [6.07, 6.45) is -1.41. The van der Waals surface area contributed by atoms with Gasteiger partial charge in [-0.25, -0.2) is 4.98 Å². The minimum Gasteiger partial charge on any atom is -0.325 e. The van der Waals surface area contributed by atoms with Crippen molar-refractivity contribution in [2.75, 3.05) is 11.1 Å². The molecule has 0 fully saturated rings. The molecule has 6 nitrogen and oxygen atoms in total. The predicted molar refractivity (Wildman–Crippen MR) is 123 cm³/mol. The van der Waals surface area contributed by atoms with E-state index in [0.717, 1.165) is 53.0 Å². The molecule has 33 heavy (non-hydrogen) atoms. The first-order valence-corrected chi connectivity index (χ1v) is 12.3. The number of anilines is 1. The van der Waals surface area contributed by atoms with Gasteiger partial charge in [-0.05, 0) is 49.8 Å². The molecule has 172 valence electrons. The average Bonchev–Trinajstić information content (AvgIpc) is 3.32. The maximum atomic E-state index is 13.2. The smallest absolute Gasteiger partial charge is 0.325 e. The van der Waals surface area contributed by atoms with E-state index in [1.54, 1.807) is 11.3 Å². The summed E-state index contributed by atoms with van der Waals surface area (Å²) in [5, 5.41) is 12.5. The minimum atomic E-state index is -4.55. The van der Waals surface area contributed by atoms with Gasteiger partial charge in [0.05, 0.1) is 22.4 Å². The number of alkyl halides is 3. The third-order valence-corrected chi connectivity index (χ3v) is 7.85.